The standard InChI is InChI=1S/C16H21NO3/c1-11-3-6-14(12(2)9-11)16(20)17(8-7-15(18)19)10-13-4-5-13/h3,6,9,13H,4-5,7-8,10H2,1-2H3,(H,18,19). The number of amides is 1. The summed E-state index contributed by atoms with van der Waals surface area (Å²) < 4.78 is 0. The summed E-state index contributed by atoms with van der Waals surface area (Å²) in [6.07, 6.45) is 2.29. The van der Waals surface area contributed by atoms with Gasteiger partial charge in [-0.05, 0) is 44.2 Å². The number of aryl methyl sites for hydroxylation is 2. The number of hydrogen-bond donors (Lipinski definition) is 1. The van der Waals surface area contributed by atoms with Gasteiger partial charge in [-0.3, -0.25) is 9.59 Å². The summed E-state index contributed by atoms with van der Waals surface area (Å²) in [5.41, 5.74) is 2.76. The fourth-order valence-corrected chi connectivity index (χ4v) is 2.34. The highest BCUT2D eigenvalue weighted by Gasteiger charge is 2.28. The molecule has 1 aromatic rings. The van der Waals surface area contributed by atoms with Crippen molar-refractivity contribution >= 4 is 11.9 Å². The van der Waals surface area contributed by atoms with Crippen molar-refractivity contribution in [2.45, 2.75) is 33.1 Å². The number of carbonyl (C=O) groups excluding carboxylic acids is 1. The van der Waals surface area contributed by atoms with Crippen LogP contribution in [0.25, 0.3) is 0 Å². The second-order valence-corrected chi connectivity index (χ2v) is 5.66. The first kappa shape index (κ1) is 14.6. The second-order valence-electron chi connectivity index (χ2n) is 5.66. The molecule has 0 aliphatic heterocycles. The van der Waals surface area contributed by atoms with Crippen LogP contribution in [-0.2, 0) is 4.79 Å². The molecule has 0 spiro atoms. The molecule has 0 aromatic heterocycles. The van der Waals surface area contributed by atoms with Crippen molar-refractivity contribution in [2.75, 3.05) is 13.1 Å². The van der Waals surface area contributed by atoms with Crippen LogP contribution in [0.15, 0.2) is 18.2 Å². The minimum absolute atomic E-state index is 0.00334. The van der Waals surface area contributed by atoms with Gasteiger partial charge in [-0.2, -0.15) is 0 Å². The minimum Gasteiger partial charge on any atom is -0.481 e. The minimum atomic E-state index is -0.862. The summed E-state index contributed by atoms with van der Waals surface area (Å²) in [5.74, 6) is -0.353. The average molecular weight is 275 g/mol. The molecule has 1 aromatic carbocycles. The van der Waals surface area contributed by atoms with Crippen LogP contribution in [0.5, 0.6) is 0 Å². The number of carboxylic acids is 1. The van der Waals surface area contributed by atoms with Gasteiger partial charge in [0.25, 0.3) is 5.91 Å². The van der Waals surface area contributed by atoms with Crippen LogP contribution in [0, 0.1) is 19.8 Å². The van der Waals surface area contributed by atoms with E-state index in [0.717, 1.165) is 24.0 Å². The van der Waals surface area contributed by atoms with Crippen molar-refractivity contribution in [1.82, 2.24) is 4.90 Å². The summed E-state index contributed by atoms with van der Waals surface area (Å²) in [6, 6.07) is 5.75. The Morgan fingerprint density at radius 3 is 2.55 bits per heavy atom. The van der Waals surface area contributed by atoms with Crippen molar-refractivity contribution in [3.63, 3.8) is 0 Å². The van der Waals surface area contributed by atoms with Gasteiger partial charge in [-0.1, -0.05) is 17.7 Å². The number of rotatable bonds is 6. The van der Waals surface area contributed by atoms with E-state index in [1.165, 1.54) is 0 Å². The van der Waals surface area contributed by atoms with Crippen LogP contribution in [0.3, 0.4) is 0 Å². The topological polar surface area (TPSA) is 57.6 Å². The molecular formula is C16H21NO3. The number of aliphatic carboxylic acids is 1. The molecule has 0 heterocycles. The quantitative estimate of drug-likeness (QED) is 0.868. The van der Waals surface area contributed by atoms with Crippen molar-refractivity contribution in [3.8, 4) is 0 Å². The number of hydrogen-bond acceptors (Lipinski definition) is 2. The Morgan fingerprint density at radius 2 is 2.00 bits per heavy atom. The van der Waals surface area contributed by atoms with Crippen molar-refractivity contribution in [2.24, 2.45) is 5.92 Å². The molecule has 1 saturated carbocycles. The first-order chi connectivity index (χ1) is 9.47. The third-order valence-electron chi connectivity index (χ3n) is 3.67. The summed E-state index contributed by atoms with van der Waals surface area (Å²) in [5, 5.41) is 8.82. The van der Waals surface area contributed by atoms with E-state index in [1.807, 2.05) is 32.0 Å². The molecule has 2 rings (SSSR count). The maximum atomic E-state index is 12.6. The van der Waals surface area contributed by atoms with Gasteiger partial charge in [0.1, 0.15) is 0 Å². The number of benzene rings is 1. The van der Waals surface area contributed by atoms with Gasteiger partial charge < -0.3 is 10.0 Å². The Balaban J connectivity index is 2.13. The normalized spacial score (nSPS) is 14.1. The lowest BCUT2D eigenvalue weighted by atomic mass is 10.0. The van der Waals surface area contributed by atoms with Gasteiger partial charge in [0.05, 0.1) is 6.42 Å². The van der Waals surface area contributed by atoms with Gasteiger partial charge in [-0.15, -0.1) is 0 Å². The third kappa shape index (κ3) is 3.83. The summed E-state index contributed by atoms with van der Waals surface area (Å²) >= 11 is 0. The Morgan fingerprint density at radius 1 is 1.30 bits per heavy atom. The number of carboxylic acid groups (broad SMARTS) is 1. The van der Waals surface area contributed by atoms with Crippen LogP contribution in [0.4, 0.5) is 0 Å². The average Bonchev–Trinajstić information content (AvgIpc) is 3.17. The van der Waals surface area contributed by atoms with E-state index in [1.54, 1.807) is 4.90 Å². The summed E-state index contributed by atoms with van der Waals surface area (Å²) in [4.78, 5) is 25.0. The summed E-state index contributed by atoms with van der Waals surface area (Å²) in [7, 11) is 0. The van der Waals surface area contributed by atoms with Gasteiger partial charge in [0, 0.05) is 18.7 Å². The van der Waals surface area contributed by atoms with Crippen LogP contribution in [-0.4, -0.2) is 35.0 Å². The molecule has 108 valence electrons. The largest absolute Gasteiger partial charge is 0.481 e. The van der Waals surface area contributed by atoms with E-state index in [0.29, 0.717) is 18.0 Å². The Labute approximate surface area is 119 Å². The molecule has 0 atom stereocenters. The predicted molar refractivity (Wildman–Crippen MR) is 76.8 cm³/mol. The Bertz CT molecular complexity index is 520. The van der Waals surface area contributed by atoms with Gasteiger partial charge >= 0.3 is 5.97 Å². The molecule has 0 saturated heterocycles. The lowest BCUT2D eigenvalue weighted by Crippen LogP contribution is -2.35. The zero-order valence-electron chi connectivity index (χ0n) is 12.1. The molecule has 20 heavy (non-hydrogen) atoms. The molecule has 4 nitrogen and oxygen atoms in total. The molecule has 0 unspecified atom stereocenters. The SMILES string of the molecule is Cc1ccc(C(=O)N(CCC(=O)O)CC2CC2)c(C)c1. The predicted octanol–water partition coefficient (Wildman–Crippen LogP) is 2.63. The number of carbonyl (C=O) groups is 2. The molecule has 1 N–H and O–H groups in total. The molecule has 1 fully saturated rings. The lowest BCUT2D eigenvalue weighted by Gasteiger charge is -2.23. The van der Waals surface area contributed by atoms with Gasteiger partial charge in [-0.25, -0.2) is 0 Å². The summed E-state index contributed by atoms with van der Waals surface area (Å²) in [6.45, 7) is 4.89. The van der Waals surface area contributed by atoms with Gasteiger partial charge in [0.15, 0.2) is 0 Å². The lowest BCUT2D eigenvalue weighted by molar-refractivity contribution is -0.137. The first-order valence-corrected chi connectivity index (χ1v) is 7.05. The van der Waals surface area contributed by atoms with E-state index in [2.05, 4.69) is 0 Å². The monoisotopic (exact) mass is 275 g/mol. The first-order valence-electron chi connectivity index (χ1n) is 7.05. The Kier molecular flexibility index (Phi) is 4.42. The maximum absolute atomic E-state index is 12.6. The fraction of sp³-hybridized carbons (Fsp3) is 0.500. The van der Waals surface area contributed by atoms with Crippen LogP contribution < -0.4 is 0 Å². The molecule has 0 bridgehead atoms. The fourth-order valence-electron chi connectivity index (χ4n) is 2.34. The van der Waals surface area contributed by atoms with E-state index >= 15 is 0 Å². The van der Waals surface area contributed by atoms with E-state index < -0.39 is 5.97 Å². The van der Waals surface area contributed by atoms with E-state index in [4.69, 9.17) is 5.11 Å². The third-order valence-corrected chi connectivity index (χ3v) is 3.67. The zero-order valence-corrected chi connectivity index (χ0v) is 12.1. The molecule has 1 aliphatic carbocycles. The molecule has 1 amide bonds. The van der Waals surface area contributed by atoms with E-state index in [-0.39, 0.29) is 18.9 Å². The Hall–Kier alpha value is -1.84. The highest BCUT2D eigenvalue weighted by atomic mass is 16.4. The molecular weight excluding hydrogens is 254 g/mol. The van der Waals surface area contributed by atoms with Crippen molar-refractivity contribution < 1.29 is 14.7 Å². The van der Waals surface area contributed by atoms with Crippen molar-refractivity contribution in [1.29, 1.82) is 0 Å². The smallest absolute Gasteiger partial charge is 0.305 e. The van der Waals surface area contributed by atoms with Crippen LogP contribution in [0.1, 0.15) is 40.7 Å². The van der Waals surface area contributed by atoms with E-state index in [9.17, 15) is 9.59 Å². The highest BCUT2D eigenvalue weighted by Crippen LogP contribution is 2.30. The van der Waals surface area contributed by atoms with Crippen LogP contribution in [0.2, 0.25) is 0 Å². The van der Waals surface area contributed by atoms with Crippen molar-refractivity contribution in [3.05, 3.63) is 34.9 Å². The highest BCUT2D eigenvalue weighted by molar-refractivity contribution is 5.95. The number of nitrogens with zero attached hydrogens (tertiary/aromatic N) is 1. The molecule has 4 heteroatoms. The maximum Gasteiger partial charge on any atom is 0.305 e. The van der Waals surface area contributed by atoms with Gasteiger partial charge in [0.2, 0.25) is 0 Å². The van der Waals surface area contributed by atoms with Crippen LogP contribution >= 0.6 is 0 Å². The zero-order chi connectivity index (χ0) is 14.7. The second kappa shape index (κ2) is 6.07. The molecule has 0 radical (unpaired) electrons. The molecule has 1 aliphatic rings.